The summed E-state index contributed by atoms with van der Waals surface area (Å²) in [6.45, 7) is 10.3. The van der Waals surface area contributed by atoms with Crippen LogP contribution in [-0.2, 0) is 20.9 Å². The number of piperazine rings is 1. The van der Waals surface area contributed by atoms with E-state index in [4.69, 9.17) is 4.74 Å². The molecule has 2 heterocycles. The quantitative estimate of drug-likeness (QED) is 0.434. The van der Waals surface area contributed by atoms with Gasteiger partial charge in [0.15, 0.2) is 0 Å². The van der Waals surface area contributed by atoms with Crippen LogP contribution in [0.5, 0.6) is 5.75 Å². The van der Waals surface area contributed by atoms with Crippen LogP contribution in [0.15, 0.2) is 36.4 Å². The molecule has 2 saturated heterocycles. The molecule has 2 aliphatic heterocycles. The van der Waals surface area contributed by atoms with Crippen molar-refractivity contribution < 1.29 is 19.1 Å². The van der Waals surface area contributed by atoms with Gasteiger partial charge in [-0.3, -0.25) is 24.2 Å². The fraction of sp³-hybridized carbons (Fsp3) is 0.593. The van der Waals surface area contributed by atoms with Gasteiger partial charge in [0.25, 0.3) is 0 Å². The standard InChI is InChI=1S/C27H37N3O4/c1-4-34-21-11-9-20(10-12-21)18-28-13-15-29(16-14-28)27(33)24(17-19(2)3)30-25(31)22-7-5-6-8-23(22)26(30)32/h5-6,9-12,19,22-24H,4,7-8,13-18H2,1-3H3. The molecule has 3 atom stereocenters. The van der Waals surface area contributed by atoms with Gasteiger partial charge in [-0.05, 0) is 49.8 Å². The number of hydrogen-bond acceptors (Lipinski definition) is 5. The van der Waals surface area contributed by atoms with Crippen LogP contribution in [0.4, 0.5) is 0 Å². The van der Waals surface area contributed by atoms with Crippen molar-refractivity contribution in [1.29, 1.82) is 0 Å². The summed E-state index contributed by atoms with van der Waals surface area (Å²) in [5, 5.41) is 0. The molecular formula is C27H37N3O4. The van der Waals surface area contributed by atoms with Gasteiger partial charge in [0.1, 0.15) is 11.8 Å². The highest BCUT2D eigenvalue weighted by molar-refractivity contribution is 6.08. The van der Waals surface area contributed by atoms with E-state index >= 15 is 0 Å². The number of imide groups is 1. The van der Waals surface area contributed by atoms with Gasteiger partial charge >= 0.3 is 0 Å². The van der Waals surface area contributed by atoms with Gasteiger partial charge in [-0.15, -0.1) is 0 Å². The second kappa shape index (κ2) is 10.7. The number of ether oxygens (including phenoxy) is 1. The lowest BCUT2D eigenvalue weighted by atomic mass is 9.85. The molecule has 0 bridgehead atoms. The van der Waals surface area contributed by atoms with Gasteiger partial charge < -0.3 is 9.64 Å². The van der Waals surface area contributed by atoms with Crippen molar-refractivity contribution in [3.8, 4) is 5.75 Å². The number of likely N-dealkylation sites (tertiary alicyclic amines) is 1. The van der Waals surface area contributed by atoms with Crippen molar-refractivity contribution in [2.75, 3.05) is 32.8 Å². The second-order valence-electron chi connectivity index (χ2n) is 10.0. The van der Waals surface area contributed by atoms with Crippen LogP contribution in [0.3, 0.4) is 0 Å². The Labute approximate surface area is 202 Å². The first kappa shape index (κ1) is 24.5. The molecule has 4 rings (SSSR count). The van der Waals surface area contributed by atoms with Crippen molar-refractivity contribution in [3.05, 3.63) is 42.0 Å². The van der Waals surface area contributed by atoms with E-state index in [0.29, 0.717) is 39.0 Å². The Morgan fingerprint density at radius 3 is 2.09 bits per heavy atom. The van der Waals surface area contributed by atoms with Crippen LogP contribution in [0, 0.1) is 17.8 Å². The molecule has 0 N–H and O–H groups in total. The van der Waals surface area contributed by atoms with Crippen molar-refractivity contribution in [2.45, 2.75) is 52.6 Å². The minimum absolute atomic E-state index is 0.0808. The van der Waals surface area contributed by atoms with Gasteiger partial charge in [0.2, 0.25) is 17.7 Å². The van der Waals surface area contributed by atoms with E-state index in [1.165, 1.54) is 10.5 Å². The Morgan fingerprint density at radius 1 is 0.971 bits per heavy atom. The summed E-state index contributed by atoms with van der Waals surface area (Å²) < 4.78 is 5.52. The smallest absolute Gasteiger partial charge is 0.245 e. The zero-order valence-corrected chi connectivity index (χ0v) is 20.6. The first-order chi connectivity index (χ1) is 16.4. The molecular weight excluding hydrogens is 430 g/mol. The number of allylic oxidation sites excluding steroid dienone is 2. The molecule has 7 heteroatoms. The predicted octanol–water partition coefficient (Wildman–Crippen LogP) is 3.10. The van der Waals surface area contributed by atoms with E-state index < -0.39 is 6.04 Å². The third-order valence-corrected chi connectivity index (χ3v) is 7.16. The van der Waals surface area contributed by atoms with Crippen molar-refractivity contribution in [2.24, 2.45) is 17.8 Å². The van der Waals surface area contributed by atoms with Crippen LogP contribution in [0.2, 0.25) is 0 Å². The summed E-state index contributed by atoms with van der Waals surface area (Å²) in [6.07, 6.45) is 5.67. The predicted molar refractivity (Wildman–Crippen MR) is 130 cm³/mol. The molecule has 0 radical (unpaired) electrons. The number of carbonyl (C=O) groups excluding carboxylic acids is 3. The molecule has 0 spiro atoms. The molecule has 3 amide bonds. The summed E-state index contributed by atoms with van der Waals surface area (Å²) >= 11 is 0. The number of benzene rings is 1. The lowest BCUT2D eigenvalue weighted by Crippen LogP contribution is -2.56. The number of carbonyl (C=O) groups is 3. The van der Waals surface area contributed by atoms with Crippen LogP contribution < -0.4 is 4.74 Å². The molecule has 3 unspecified atom stereocenters. The third kappa shape index (κ3) is 5.19. The molecule has 0 aromatic heterocycles. The summed E-state index contributed by atoms with van der Waals surface area (Å²) in [6, 6.07) is 7.46. The summed E-state index contributed by atoms with van der Waals surface area (Å²) in [7, 11) is 0. The number of amides is 3. The third-order valence-electron chi connectivity index (χ3n) is 7.16. The van der Waals surface area contributed by atoms with Crippen molar-refractivity contribution in [3.63, 3.8) is 0 Å². The van der Waals surface area contributed by atoms with E-state index in [1.807, 2.05) is 50.0 Å². The number of rotatable bonds is 8. The van der Waals surface area contributed by atoms with Gasteiger partial charge in [-0.25, -0.2) is 0 Å². The Kier molecular flexibility index (Phi) is 7.71. The topological polar surface area (TPSA) is 70.2 Å². The summed E-state index contributed by atoms with van der Waals surface area (Å²) in [5.41, 5.74) is 1.21. The van der Waals surface area contributed by atoms with Crippen molar-refractivity contribution >= 4 is 17.7 Å². The van der Waals surface area contributed by atoms with Crippen LogP contribution in [0.25, 0.3) is 0 Å². The number of fused-ring (bicyclic) bond motifs is 1. The zero-order chi connectivity index (χ0) is 24.2. The molecule has 1 aromatic rings. The summed E-state index contributed by atoms with van der Waals surface area (Å²) in [5.74, 6) is 0.0790. The number of nitrogens with zero attached hydrogens (tertiary/aromatic N) is 3. The lowest BCUT2D eigenvalue weighted by molar-refractivity contribution is -0.153. The monoisotopic (exact) mass is 467 g/mol. The Bertz CT molecular complexity index is 892. The first-order valence-corrected chi connectivity index (χ1v) is 12.6. The van der Waals surface area contributed by atoms with E-state index in [1.54, 1.807) is 0 Å². The SMILES string of the molecule is CCOc1ccc(CN2CCN(C(=O)C(CC(C)C)N3C(=O)C4CC=CCC4C3=O)CC2)cc1. The molecule has 34 heavy (non-hydrogen) atoms. The molecule has 184 valence electrons. The fourth-order valence-corrected chi connectivity index (χ4v) is 5.35. The normalized spacial score (nSPS) is 24.0. The van der Waals surface area contributed by atoms with Crippen LogP contribution in [0.1, 0.15) is 45.6 Å². The average Bonchev–Trinajstić information content (AvgIpc) is 3.09. The van der Waals surface area contributed by atoms with Gasteiger partial charge in [-0.1, -0.05) is 38.1 Å². The molecule has 3 aliphatic rings. The maximum atomic E-state index is 13.6. The maximum Gasteiger partial charge on any atom is 0.245 e. The minimum atomic E-state index is -0.691. The molecule has 2 fully saturated rings. The van der Waals surface area contributed by atoms with Gasteiger partial charge in [0, 0.05) is 32.7 Å². The Hall–Kier alpha value is -2.67. The van der Waals surface area contributed by atoms with E-state index in [9.17, 15) is 14.4 Å². The van der Waals surface area contributed by atoms with Gasteiger partial charge in [0.05, 0.1) is 18.4 Å². The molecule has 1 aliphatic carbocycles. The summed E-state index contributed by atoms with van der Waals surface area (Å²) in [4.78, 5) is 45.5. The largest absolute Gasteiger partial charge is 0.494 e. The van der Waals surface area contributed by atoms with E-state index in [0.717, 1.165) is 25.4 Å². The lowest BCUT2D eigenvalue weighted by Gasteiger charge is -2.38. The Balaban J connectivity index is 1.38. The van der Waals surface area contributed by atoms with Crippen LogP contribution in [-0.4, -0.2) is 71.2 Å². The minimum Gasteiger partial charge on any atom is -0.494 e. The Morgan fingerprint density at radius 2 is 1.56 bits per heavy atom. The average molecular weight is 468 g/mol. The fourth-order valence-electron chi connectivity index (χ4n) is 5.35. The maximum absolute atomic E-state index is 13.6. The highest BCUT2D eigenvalue weighted by atomic mass is 16.5. The molecule has 0 saturated carbocycles. The van der Waals surface area contributed by atoms with E-state index in [-0.39, 0.29) is 35.5 Å². The molecule has 1 aromatic carbocycles. The zero-order valence-electron chi connectivity index (χ0n) is 20.6. The molecule has 7 nitrogen and oxygen atoms in total. The van der Waals surface area contributed by atoms with Gasteiger partial charge in [-0.2, -0.15) is 0 Å². The van der Waals surface area contributed by atoms with E-state index in [2.05, 4.69) is 17.0 Å². The number of hydrogen-bond donors (Lipinski definition) is 0. The second-order valence-corrected chi connectivity index (χ2v) is 10.0. The van der Waals surface area contributed by atoms with Crippen molar-refractivity contribution in [1.82, 2.24) is 14.7 Å². The first-order valence-electron chi connectivity index (χ1n) is 12.6. The van der Waals surface area contributed by atoms with Crippen LogP contribution >= 0.6 is 0 Å². The highest BCUT2D eigenvalue weighted by Gasteiger charge is 2.51. The highest BCUT2D eigenvalue weighted by Crippen LogP contribution is 2.37.